The number of anilines is 1. The molecule has 0 unspecified atom stereocenters. The Hall–Kier alpha value is -2.61. The maximum absolute atomic E-state index is 15.3. The SMILES string of the molecule is CN[C@H](C)[C@@H]1CCN(c2c(F)cc3c(=O)c(C(=O)O)cn(C4CC4)c3c2OC)C1. The molecule has 0 radical (unpaired) electrons. The van der Waals surface area contributed by atoms with Gasteiger partial charge < -0.3 is 24.6 Å². The van der Waals surface area contributed by atoms with E-state index in [-0.39, 0.29) is 17.0 Å². The molecule has 1 saturated heterocycles. The van der Waals surface area contributed by atoms with Gasteiger partial charge in [0.25, 0.3) is 0 Å². The number of hydrogen-bond donors (Lipinski definition) is 2. The van der Waals surface area contributed by atoms with E-state index in [2.05, 4.69) is 12.2 Å². The number of nitrogens with one attached hydrogen (secondary N) is 1. The van der Waals surface area contributed by atoms with Crippen molar-refractivity contribution < 1.29 is 19.0 Å². The van der Waals surface area contributed by atoms with Crippen LogP contribution in [0, 0.1) is 11.7 Å². The van der Waals surface area contributed by atoms with Gasteiger partial charge in [-0.1, -0.05) is 0 Å². The van der Waals surface area contributed by atoms with Crippen LogP contribution in [0.5, 0.6) is 5.75 Å². The summed E-state index contributed by atoms with van der Waals surface area (Å²) in [5.41, 5.74) is -0.201. The molecule has 2 aromatic rings. The first-order valence-electron chi connectivity index (χ1n) is 9.98. The van der Waals surface area contributed by atoms with E-state index >= 15 is 4.39 Å². The van der Waals surface area contributed by atoms with Crippen LogP contribution < -0.4 is 20.4 Å². The van der Waals surface area contributed by atoms with Crippen LogP contribution in [-0.4, -0.2) is 48.9 Å². The van der Waals surface area contributed by atoms with Crippen LogP contribution in [0.15, 0.2) is 17.1 Å². The smallest absolute Gasteiger partial charge is 0.341 e. The zero-order valence-corrected chi connectivity index (χ0v) is 16.9. The fraction of sp³-hybridized carbons (Fsp3) is 0.524. The van der Waals surface area contributed by atoms with Crippen LogP contribution in [0.1, 0.15) is 42.6 Å². The molecule has 2 heterocycles. The topological polar surface area (TPSA) is 83.8 Å². The van der Waals surface area contributed by atoms with Crippen molar-refractivity contribution in [3.8, 4) is 5.75 Å². The number of ether oxygens (including phenoxy) is 1. The number of aromatic nitrogens is 1. The number of carbonyl (C=O) groups is 1. The predicted molar refractivity (Wildman–Crippen MR) is 109 cm³/mol. The molecule has 2 fully saturated rings. The number of aromatic carboxylic acids is 1. The number of carboxylic acid groups (broad SMARTS) is 1. The molecule has 1 aliphatic heterocycles. The molecule has 29 heavy (non-hydrogen) atoms. The molecule has 1 saturated carbocycles. The zero-order valence-electron chi connectivity index (χ0n) is 16.9. The monoisotopic (exact) mass is 403 g/mol. The van der Waals surface area contributed by atoms with E-state index in [4.69, 9.17) is 4.74 Å². The summed E-state index contributed by atoms with van der Waals surface area (Å²) in [6.07, 6.45) is 4.08. The fourth-order valence-corrected chi connectivity index (χ4v) is 4.36. The van der Waals surface area contributed by atoms with Gasteiger partial charge in [0, 0.05) is 31.4 Å². The van der Waals surface area contributed by atoms with Crippen molar-refractivity contribution in [2.24, 2.45) is 5.92 Å². The van der Waals surface area contributed by atoms with E-state index in [1.165, 1.54) is 19.4 Å². The first-order valence-corrected chi connectivity index (χ1v) is 9.98. The summed E-state index contributed by atoms with van der Waals surface area (Å²) in [5, 5.41) is 12.7. The lowest BCUT2D eigenvalue weighted by atomic mass is 10.0. The molecule has 156 valence electrons. The number of fused-ring (bicyclic) bond motifs is 1. The van der Waals surface area contributed by atoms with Crippen LogP contribution in [0.4, 0.5) is 10.1 Å². The quantitative estimate of drug-likeness (QED) is 0.772. The van der Waals surface area contributed by atoms with Crippen molar-refractivity contribution in [2.45, 2.75) is 38.3 Å². The Kier molecular flexibility index (Phi) is 4.98. The van der Waals surface area contributed by atoms with Gasteiger partial charge in [-0.3, -0.25) is 4.79 Å². The fourth-order valence-electron chi connectivity index (χ4n) is 4.36. The van der Waals surface area contributed by atoms with Gasteiger partial charge in [0.05, 0.1) is 18.0 Å². The Morgan fingerprint density at radius 3 is 2.69 bits per heavy atom. The number of carboxylic acids is 1. The summed E-state index contributed by atoms with van der Waals surface area (Å²) in [5.74, 6) is -1.19. The van der Waals surface area contributed by atoms with Crippen LogP contribution in [0.2, 0.25) is 0 Å². The summed E-state index contributed by atoms with van der Waals surface area (Å²) < 4.78 is 22.7. The second-order valence-electron chi connectivity index (χ2n) is 8.02. The maximum Gasteiger partial charge on any atom is 0.341 e. The normalized spacial score (nSPS) is 20.3. The summed E-state index contributed by atoms with van der Waals surface area (Å²) in [7, 11) is 3.38. The van der Waals surface area contributed by atoms with Gasteiger partial charge in [-0.2, -0.15) is 0 Å². The molecule has 8 heteroatoms. The van der Waals surface area contributed by atoms with Crippen molar-refractivity contribution in [1.82, 2.24) is 9.88 Å². The van der Waals surface area contributed by atoms with Gasteiger partial charge in [0.15, 0.2) is 11.6 Å². The molecule has 2 aliphatic rings. The molecular formula is C21H26FN3O4. The van der Waals surface area contributed by atoms with E-state index in [1.54, 1.807) is 4.57 Å². The zero-order chi connectivity index (χ0) is 20.9. The van der Waals surface area contributed by atoms with Gasteiger partial charge in [-0.05, 0) is 45.2 Å². The third-order valence-electron chi connectivity index (χ3n) is 6.28. The predicted octanol–water partition coefficient (Wildman–Crippen LogP) is 2.62. The molecule has 0 bridgehead atoms. The lowest BCUT2D eigenvalue weighted by Crippen LogP contribution is -2.33. The molecule has 0 amide bonds. The third kappa shape index (κ3) is 3.25. The average molecular weight is 403 g/mol. The highest BCUT2D eigenvalue weighted by Crippen LogP contribution is 2.44. The molecule has 2 atom stereocenters. The molecule has 1 aromatic carbocycles. The number of rotatable bonds is 6. The third-order valence-corrected chi connectivity index (χ3v) is 6.28. The Morgan fingerprint density at radius 1 is 1.38 bits per heavy atom. The number of nitrogens with zero attached hydrogens (tertiary/aromatic N) is 2. The highest BCUT2D eigenvalue weighted by molar-refractivity contribution is 5.97. The van der Waals surface area contributed by atoms with Gasteiger partial charge in [-0.25, -0.2) is 9.18 Å². The van der Waals surface area contributed by atoms with Crippen molar-refractivity contribution in [3.05, 3.63) is 33.9 Å². The number of benzene rings is 1. The average Bonchev–Trinajstić information content (AvgIpc) is 3.43. The molecular weight excluding hydrogens is 377 g/mol. The highest BCUT2D eigenvalue weighted by Gasteiger charge is 2.34. The first kappa shape index (κ1) is 19.7. The minimum atomic E-state index is -1.31. The summed E-state index contributed by atoms with van der Waals surface area (Å²) in [6, 6.07) is 1.58. The van der Waals surface area contributed by atoms with Gasteiger partial charge in [0.2, 0.25) is 5.43 Å². The van der Waals surface area contributed by atoms with E-state index in [9.17, 15) is 14.7 Å². The lowest BCUT2D eigenvalue weighted by molar-refractivity contribution is 0.0695. The van der Waals surface area contributed by atoms with E-state index < -0.39 is 17.2 Å². The van der Waals surface area contributed by atoms with Crippen molar-refractivity contribution in [1.29, 1.82) is 0 Å². The Morgan fingerprint density at radius 2 is 2.10 bits per heavy atom. The Labute approximate surface area is 168 Å². The van der Waals surface area contributed by atoms with E-state index in [1.807, 2.05) is 11.9 Å². The minimum Gasteiger partial charge on any atom is -0.492 e. The maximum atomic E-state index is 15.3. The van der Waals surface area contributed by atoms with Crippen molar-refractivity contribution >= 4 is 22.6 Å². The van der Waals surface area contributed by atoms with E-state index in [0.717, 1.165) is 19.3 Å². The number of pyridine rings is 1. The van der Waals surface area contributed by atoms with Gasteiger partial charge >= 0.3 is 5.97 Å². The van der Waals surface area contributed by atoms with E-state index in [0.29, 0.717) is 42.0 Å². The van der Waals surface area contributed by atoms with Crippen LogP contribution >= 0.6 is 0 Å². The summed E-state index contributed by atoms with van der Waals surface area (Å²) in [4.78, 5) is 26.3. The summed E-state index contributed by atoms with van der Waals surface area (Å²) in [6.45, 7) is 3.48. The first-order chi connectivity index (χ1) is 13.9. The Balaban J connectivity index is 1.93. The highest BCUT2D eigenvalue weighted by atomic mass is 19.1. The second-order valence-corrected chi connectivity index (χ2v) is 8.02. The van der Waals surface area contributed by atoms with Crippen LogP contribution in [0.3, 0.4) is 0 Å². The van der Waals surface area contributed by atoms with Crippen molar-refractivity contribution in [3.63, 3.8) is 0 Å². The standard InChI is InChI=1S/C21H26FN3O4/c1-11(23-2)12-6-7-24(9-12)18-16(22)8-14-17(20(18)29-3)25(13-4-5-13)10-15(19(14)26)21(27)28/h8,10-13,23H,4-7,9H2,1-3H3,(H,27,28)/t11-,12-/m1/s1. The molecule has 2 N–H and O–H groups in total. The molecule has 7 nitrogen and oxygen atoms in total. The second kappa shape index (κ2) is 7.33. The molecule has 4 rings (SSSR count). The molecule has 0 spiro atoms. The Bertz CT molecular complexity index is 1030. The van der Waals surface area contributed by atoms with Crippen LogP contribution in [-0.2, 0) is 0 Å². The van der Waals surface area contributed by atoms with Crippen molar-refractivity contribution in [2.75, 3.05) is 32.1 Å². The van der Waals surface area contributed by atoms with Gasteiger partial charge in [0.1, 0.15) is 11.3 Å². The molecule has 1 aliphatic carbocycles. The summed E-state index contributed by atoms with van der Waals surface area (Å²) >= 11 is 0. The van der Waals surface area contributed by atoms with Gasteiger partial charge in [-0.15, -0.1) is 0 Å². The number of halogens is 1. The molecule has 1 aromatic heterocycles. The minimum absolute atomic E-state index is 0.0502. The van der Waals surface area contributed by atoms with Crippen LogP contribution in [0.25, 0.3) is 10.9 Å². The number of methoxy groups -OCH3 is 1. The number of hydrogen-bond acceptors (Lipinski definition) is 5. The largest absolute Gasteiger partial charge is 0.492 e. The lowest BCUT2D eigenvalue weighted by Gasteiger charge is -2.25.